The van der Waals surface area contributed by atoms with Crippen LogP contribution in [0.5, 0.6) is 5.75 Å². The number of carbonyl (C=O) groups is 1. The highest BCUT2D eigenvalue weighted by molar-refractivity contribution is 6.10. The molecule has 0 saturated carbocycles. The molecule has 0 amide bonds. The first kappa shape index (κ1) is 14.3. The summed E-state index contributed by atoms with van der Waals surface area (Å²) in [4.78, 5) is 16.4. The van der Waals surface area contributed by atoms with E-state index < -0.39 is 5.97 Å². The zero-order valence-electron chi connectivity index (χ0n) is 12.6. The summed E-state index contributed by atoms with van der Waals surface area (Å²) in [6.45, 7) is 4.53. The summed E-state index contributed by atoms with van der Waals surface area (Å²) in [6, 6.07) is 13.6. The number of benzene rings is 2. The van der Waals surface area contributed by atoms with E-state index in [0.29, 0.717) is 19.0 Å². The molecule has 0 N–H and O–H groups in total. The normalized spacial score (nSPS) is 10.8. The average molecular weight is 295 g/mol. The van der Waals surface area contributed by atoms with E-state index in [1.54, 1.807) is 13.0 Å². The highest BCUT2D eigenvalue weighted by Crippen LogP contribution is 2.32. The molecule has 0 aliphatic rings. The number of esters is 1. The van der Waals surface area contributed by atoms with Crippen LogP contribution < -0.4 is 4.74 Å². The lowest BCUT2D eigenvalue weighted by Gasteiger charge is -2.12. The Morgan fingerprint density at radius 1 is 1.09 bits per heavy atom. The Labute approximate surface area is 128 Å². The number of carbonyl (C=O) groups excluding carboxylic acids is 1. The van der Waals surface area contributed by atoms with Crippen molar-refractivity contribution in [2.75, 3.05) is 13.2 Å². The topological polar surface area (TPSA) is 48.4 Å². The molecule has 3 aromatic rings. The summed E-state index contributed by atoms with van der Waals surface area (Å²) in [6.07, 6.45) is 0. The molecule has 0 bridgehead atoms. The molecular weight excluding hydrogens is 278 g/mol. The molecule has 3 rings (SSSR count). The van der Waals surface area contributed by atoms with Gasteiger partial charge < -0.3 is 9.47 Å². The molecule has 1 heterocycles. The van der Waals surface area contributed by atoms with Crippen LogP contribution in [-0.4, -0.2) is 24.2 Å². The van der Waals surface area contributed by atoms with Gasteiger partial charge in [0.05, 0.1) is 24.1 Å². The maximum absolute atomic E-state index is 12.0. The molecule has 0 aliphatic heterocycles. The van der Waals surface area contributed by atoms with Gasteiger partial charge >= 0.3 is 5.97 Å². The van der Waals surface area contributed by atoms with Gasteiger partial charge in [0.25, 0.3) is 0 Å². The largest absolute Gasteiger partial charge is 0.493 e. The van der Waals surface area contributed by atoms with Crippen molar-refractivity contribution in [3.63, 3.8) is 0 Å². The first-order chi connectivity index (χ1) is 10.7. The molecule has 0 unspecified atom stereocenters. The lowest BCUT2D eigenvalue weighted by Crippen LogP contribution is -2.08. The molecule has 0 atom stereocenters. The molecular formula is C18H17NO3. The second kappa shape index (κ2) is 6.02. The summed E-state index contributed by atoms with van der Waals surface area (Å²) in [7, 11) is 0. The Hall–Kier alpha value is -2.62. The molecule has 0 spiro atoms. The summed E-state index contributed by atoms with van der Waals surface area (Å²) < 4.78 is 10.8. The molecule has 0 saturated heterocycles. The SMILES string of the molecule is CCOC(=O)c1cc(OCC)c2c(ccc3ccccc32)n1. The van der Waals surface area contributed by atoms with Crippen LogP contribution in [0.15, 0.2) is 42.5 Å². The predicted molar refractivity (Wildman–Crippen MR) is 86.4 cm³/mol. The molecule has 22 heavy (non-hydrogen) atoms. The van der Waals surface area contributed by atoms with E-state index in [4.69, 9.17) is 9.47 Å². The van der Waals surface area contributed by atoms with Gasteiger partial charge in [0.2, 0.25) is 0 Å². The lowest BCUT2D eigenvalue weighted by atomic mass is 10.0. The number of fused-ring (bicyclic) bond motifs is 3. The van der Waals surface area contributed by atoms with Crippen LogP contribution in [-0.2, 0) is 4.74 Å². The van der Waals surface area contributed by atoms with Gasteiger partial charge in [-0.15, -0.1) is 0 Å². The van der Waals surface area contributed by atoms with Crippen LogP contribution >= 0.6 is 0 Å². The van der Waals surface area contributed by atoms with Crippen molar-refractivity contribution in [2.45, 2.75) is 13.8 Å². The highest BCUT2D eigenvalue weighted by atomic mass is 16.5. The van der Waals surface area contributed by atoms with Gasteiger partial charge in [-0.1, -0.05) is 30.3 Å². The van der Waals surface area contributed by atoms with Gasteiger partial charge in [-0.05, 0) is 30.7 Å². The Bertz CT molecular complexity index is 842. The number of ether oxygens (including phenoxy) is 2. The standard InChI is InChI=1S/C18H17NO3/c1-3-21-16-11-15(18(20)22-4-2)19-14-10-9-12-7-5-6-8-13(12)17(14)16/h5-11H,3-4H2,1-2H3. The van der Waals surface area contributed by atoms with E-state index in [1.165, 1.54) is 0 Å². The lowest BCUT2D eigenvalue weighted by molar-refractivity contribution is 0.0519. The summed E-state index contributed by atoms with van der Waals surface area (Å²) >= 11 is 0. The van der Waals surface area contributed by atoms with Gasteiger partial charge in [-0.25, -0.2) is 9.78 Å². The Kier molecular flexibility index (Phi) is 3.92. The van der Waals surface area contributed by atoms with E-state index in [1.807, 2.05) is 43.3 Å². The van der Waals surface area contributed by atoms with Crippen molar-refractivity contribution in [1.29, 1.82) is 0 Å². The molecule has 1 aromatic heterocycles. The van der Waals surface area contributed by atoms with Gasteiger partial charge in [-0.2, -0.15) is 0 Å². The predicted octanol–water partition coefficient (Wildman–Crippen LogP) is 3.96. The fraction of sp³-hybridized carbons (Fsp3) is 0.222. The van der Waals surface area contributed by atoms with Crippen LogP contribution in [0.1, 0.15) is 24.3 Å². The van der Waals surface area contributed by atoms with Crippen molar-refractivity contribution < 1.29 is 14.3 Å². The molecule has 4 heteroatoms. The first-order valence-corrected chi connectivity index (χ1v) is 7.37. The number of rotatable bonds is 4. The van der Waals surface area contributed by atoms with Crippen molar-refractivity contribution >= 4 is 27.6 Å². The van der Waals surface area contributed by atoms with E-state index in [0.717, 1.165) is 21.7 Å². The van der Waals surface area contributed by atoms with Gasteiger partial charge in [0, 0.05) is 6.07 Å². The number of hydrogen-bond acceptors (Lipinski definition) is 4. The fourth-order valence-corrected chi connectivity index (χ4v) is 2.55. The third kappa shape index (κ3) is 2.48. The van der Waals surface area contributed by atoms with Crippen molar-refractivity contribution in [2.24, 2.45) is 0 Å². The highest BCUT2D eigenvalue weighted by Gasteiger charge is 2.15. The third-order valence-electron chi connectivity index (χ3n) is 3.45. The Balaban J connectivity index is 2.29. The van der Waals surface area contributed by atoms with E-state index in [9.17, 15) is 4.79 Å². The van der Waals surface area contributed by atoms with E-state index in [2.05, 4.69) is 4.98 Å². The van der Waals surface area contributed by atoms with Crippen LogP contribution in [0.3, 0.4) is 0 Å². The summed E-state index contributed by atoms with van der Waals surface area (Å²) in [5.74, 6) is 0.228. The minimum atomic E-state index is -0.432. The van der Waals surface area contributed by atoms with Crippen molar-refractivity contribution in [1.82, 2.24) is 4.98 Å². The second-order valence-electron chi connectivity index (χ2n) is 4.84. The number of aromatic nitrogens is 1. The number of nitrogens with zero attached hydrogens (tertiary/aromatic N) is 1. The molecule has 4 nitrogen and oxygen atoms in total. The Morgan fingerprint density at radius 2 is 1.91 bits per heavy atom. The van der Waals surface area contributed by atoms with Crippen LogP contribution in [0.4, 0.5) is 0 Å². The van der Waals surface area contributed by atoms with E-state index >= 15 is 0 Å². The maximum Gasteiger partial charge on any atom is 0.357 e. The zero-order valence-corrected chi connectivity index (χ0v) is 12.6. The van der Waals surface area contributed by atoms with Gasteiger partial charge in [0.15, 0.2) is 5.69 Å². The van der Waals surface area contributed by atoms with Crippen LogP contribution in [0, 0.1) is 0 Å². The smallest absolute Gasteiger partial charge is 0.357 e. The first-order valence-electron chi connectivity index (χ1n) is 7.37. The maximum atomic E-state index is 12.0. The monoisotopic (exact) mass is 295 g/mol. The second-order valence-corrected chi connectivity index (χ2v) is 4.84. The summed E-state index contributed by atoms with van der Waals surface area (Å²) in [5, 5.41) is 3.10. The Morgan fingerprint density at radius 3 is 2.68 bits per heavy atom. The number of pyridine rings is 1. The fourth-order valence-electron chi connectivity index (χ4n) is 2.55. The molecule has 112 valence electrons. The molecule has 0 radical (unpaired) electrons. The zero-order chi connectivity index (χ0) is 15.5. The minimum Gasteiger partial charge on any atom is -0.493 e. The number of hydrogen-bond donors (Lipinski definition) is 0. The molecule has 0 aliphatic carbocycles. The van der Waals surface area contributed by atoms with Crippen molar-refractivity contribution in [3.8, 4) is 5.75 Å². The van der Waals surface area contributed by atoms with Crippen molar-refractivity contribution in [3.05, 3.63) is 48.2 Å². The third-order valence-corrected chi connectivity index (χ3v) is 3.45. The quantitative estimate of drug-likeness (QED) is 0.540. The van der Waals surface area contributed by atoms with Gasteiger partial charge in [-0.3, -0.25) is 0 Å². The molecule has 2 aromatic carbocycles. The van der Waals surface area contributed by atoms with Crippen LogP contribution in [0.25, 0.3) is 21.7 Å². The van der Waals surface area contributed by atoms with E-state index in [-0.39, 0.29) is 5.69 Å². The van der Waals surface area contributed by atoms with Gasteiger partial charge in [0.1, 0.15) is 5.75 Å². The molecule has 0 fully saturated rings. The summed E-state index contributed by atoms with van der Waals surface area (Å²) in [5.41, 5.74) is 1.00. The van der Waals surface area contributed by atoms with Crippen LogP contribution in [0.2, 0.25) is 0 Å². The average Bonchev–Trinajstić information content (AvgIpc) is 2.54. The minimum absolute atomic E-state index is 0.271.